The van der Waals surface area contributed by atoms with Gasteiger partial charge in [0.2, 0.25) is 0 Å². The molecule has 0 radical (unpaired) electrons. The molecule has 2 atom stereocenters. The molecule has 2 heterocycles. The largest absolute Gasteiger partial charge is 0.355 e. The van der Waals surface area contributed by atoms with Crippen LogP contribution in [0.5, 0.6) is 0 Å². The summed E-state index contributed by atoms with van der Waals surface area (Å²) in [6.45, 7) is 2.02. The van der Waals surface area contributed by atoms with Crippen molar-refractivity contribution in [2.75, 3.05) is 25.0 Å². The van der Waals surface area contributed by atoms with Gasteiger partial charge in [0, 0.05) is 26.3 Å². The minimum Gasteiger partial charge on any atom is -0.355 e. The standard InChI is InChI=1S/C15H19N3O/c1-16-15(19)13-7-4-8-17-14(13)18-9-11-5-2-3-6-12(11)10-18/h2-4,7-8,11-12H,5-6,9-10H2,1H3,(H,16,19). The first-order valence-corrected chi connectivity index (χ1v) is 6.86. The van der Waals surface area contributed by atoms with E-state index in [9.17, 15) is 4.79 Å². The van der Waals surface area contributed by atoms with Gasteiger partial charge in [0.05, 0.1) is 5.56 Å². The number of hydrogen-bond donors (Lipinski definition) is 1. The van der Waals surface area contributed by atoms with Gasteiger partial charge in [-0.25, -0.2) is 4.98 Å². The number of aromatic nitrogens is 1. The molecule has 2 aliphatic rings. The second-order valence-corrected chi connectivity index (χ2v) is 5.32. The third-order valence-corrected chi connectivity index (χ3v) is 4.18. The van der Waals surface area contributed by atoms with Crippen molar-refractivity contribution in [1.29, 1.82) is 0 Å². The molecule has 0 spiro atoms. The van der Waals surface area contributed by atoms with E-state index in [1.165, 1.54) is 0 Å². The van der Waals surface area contributed by atoms with Crippen LogP contribution in [-0.4, -0.2) is 31.0 Å². The average Bonchev–Trinajstić information content (AvgIpc) is 2.90. The Bertz CT molecular complexity index is 496. The summed E-state index contributed by atoms with van der Waals surface area (Å²) in [6.07, 6.45) is 8.64. The number of pyridine rings is 1. The van der Waals surface area contributed by atoms with Crippen molar-refractivity contribution in [2.45, 2.75) is 12.8 Å². The van der Waals surface area contributed by atoms with Crippen molar-refractivity contribution in [3.63, 3.8) is 0 Å². The third-order valence-electron chi connectivity index (χ3n) is 4.18. The van der Waals surface area contributed by atoms with E-state index in [-0.39, 0.29) is 5.91 Å². The Morgan fingerprint density at radius 3 is 2.63 bits per heavy atom. The second-order valence-electron chi connectivity index (χ2n) is 5.32. The second kappa shape index (κ2) is 5.03. The first-order valence-electron chi connectivity index (χ1n) is 6.86. The first kappa shape index (κ1) is 12.2. The molecule has 100 valence electrons. The summed E-state index contributed by atoms with van der Waals surface area (Å²) < 4.78 is 0. The number of carbonyl (C=O) groups is 1. The maximum Gasteiger partial charge on any atom is 0.254 e. The third kappa shape index (κ3) is 2.23. The molecule has 1 saturated heterocycles. The van der Waals surface area contributed by atoms with E-state index >= 15 is 0 Å². The molecule has 1 amide bonds. The number of nitrogens with one attached hydrogen (secondary N) is 1. The summed E-state index contributed by atoms with van der Waals surface area (Å²) in [4.78, 5) is 18.6. The lowest BCUT2D eigenvalue weighted by molar-refractivity contribution is 0.0963. The Morgan fingerprint density at radius 1 is 1.32 bits per heavy atom. The lowest BCUT2D eigenvalue weighted by Gasteiger charge is -2.19. The summed E-state index contributed by atoms with van der Waals surface area (Å²) in [5.41, 5.74) is 0.677. The fourth-order valence-corrected chi connectivity index (χ4v) is 3.15. The molecular weight excluding hydrogens is 238 g/mol. The van der Waals surface area contributed by atoms with Crippen LogP contribution >= 0.6 is 0 Å². The SMILES string of the molecule is CNC(=O)c1cccnc1N1CC2CC=CCC2C1. The van der Waals surface area contributed by atoms with E-state index in [0.29, 0.717) is 17.4 Å². The van der Waals surface area contributed by atoms with Gasteiger partial charge < -0.3 is 10.2 Å². The minimum atomic E-state index is -0.0592. The van der Waals surface area contributed by atoms with Gasteiger partial charge in [-0.3, -0.25) is 4.79 Å². The van der Waals surface area contributed by atoms with E-state index in [0.717, 1.165) is 31.7 Å². The Labute approximate surface area is 113 Å². The van der Waals surface area contributed by atoms with Crippen LogP contribution in [0.1, 0.15) is 23.2 Å². The van der Waals surface area contributed by atoms with Crippen molar-refractivity contribution in [3.8, 4) is 0 Å². The number of fused-ring (bicyclic) bond motifs is 1. The molecule has 1 N–H and O–H groups in total. The zero-order valence-corrected chi connectivity index (χ0v) is 11.2. The number of hydrogen-bond acceptors (Lipinski definition) is 3. The molecule has 4 nitrogen and oxygen atoms in total. The molecule has 0 saturated carbocycles. The lowest BCUT2D eigenvalue weighted by Crippen LogP contribution is -2.27. The number of nitrogens with zero attached hydrogens (tertiary/aromatic N) is 2. The molecule has 1 aliphatic carbocycles. The summed E-state index contributed by atoms with van der Waals surface area (Å²) in [7, 11) is 1.66. The van der Waals surface area contributed by atoms with Crippen molar-refractivity contribution in [3.05, 3.63) is 36.0 Å². The van der Waals surface area contributed by atoms with E-state index < -0.39 is 0 Å². The highest BCUT2D eigenvalue weighted by molar-refractivity contribution is 5.98. The Kier molecular flexibility index (Phi) is 3.23. The van der Waals surface area contributed by atoms with Crippen molar-refractivity contribution >= 4 is 11.7 Å². The normalized spacial score (nSPS) is 25.2. The number of rotatable bonds is 2. The first-order chi connectivity index (χ1) is 9.29. The quantitative estimate of drug-likeness (QED) is 0.822. The molecule has 0 bridgehead atoms. The maximum absolute atomic E-state index is 11.9. The molecule has 4 heteroatoms. The molecule has 1 aliphatic heterocycles. The zero-order chi connectivity index (χ0) is 13.2. The van der Waals surface area contributed by atoms with Gasteiger partial charge in [-0.2, -0.15) is 0 Å². The molecule has 19 heavy (non-hydrogen) atoms. The van der Waals surface area contributed by atoms with Gasteiger partial charge in [0.1, 0.15) is 5.82 Å². The highest BCUT2D eigenvalue weighted by atomic mass is 16.1. The van der Waals surface area contributed by atoms with Crippen LogP contribution in [0.25, 0.3) is 0 Å². The van der Waals surface area contributed by atoms with Crippen LogP contribution < -0.4 is 10.2 Å². The van der Waals surface area contributed by atoms with Gasteiger partial charge in [-0.15, -0.1) is 0 Å². The van der Waals surface area contributed by atoms with Gasteiger partial charge in [0.25, 0.3) is 5.91 Å². The predicted molar refractivity (Wildman–Crippen MR) is 75.2 cm³/mol. The smallest absolute Gasteiger partial charge is 0.254 e. The van der Waals surface area contributed by atoms with Gasteiger partial charge in [0.15, 0.2) is 0 Å². The maximum atomic E-state index is 11.9. The molecule has 0 aromatic carbocycles. The van der Waals surface area contributed by atoms with Gasteiger partial charge >= 0.3 is 0 Å². The summed E-state index contributed by atoms with van der Waals surface area (Å²) >= 11 is 0. The Morgan fingerprint density at radius 2 is 2.00 bits per heavy atom. The molecule has 1 aromatic rings. The van der Waals surface area contributed by atoms with Crippen molar-refractivity contribution in [1.82, 2.24) is 10.3 Å². The number of anilines is 1. The van der Waals surface area contributed by atoms with Crippen molar-refractivity contribution in [2.24, 2.45) is 11.8 Å². The number of amides is 1. The van der Waals surface area contributed by atoms with Gasteiger partial charge in [-0.05, 0) is 36.8 Å². The van der Waals surface area contributed by atoms with Crippen LogP contribution in [0.15, 0.2) is 30.5 Å². The molecule has 1 aromatic heterocycles. The van der Waals surface area contributed by atoms with Crippen LogP contribution in [-0.2, 0) is 0 Å². The van der Waals surface area contributed by atoms with E-state index in [1.54, 1.807) is 13.2 Å². The topological polar surface area (TPSA) is 45.2 Å². The summed E-state index contributed by atoms with van der Waals surface area (Å²) in [6, 6.07) is 3.67. The number of carbonyl (C=O) groups excluding carboxylic acids is 1. The highest BCUT2D eigenvalue weighted by Gasteiger charge is 2.34. The molecule has 3 rings (SSSR count). The number of allylic oxidation sites excluding steroid dienone is 2. The summed E-state index contributed by atoms with van der Waals surface area (Å²) in [5, 5.41) is 2.69. The molecule has 1 fully saturated rings. The van der Waals surface area contributed by atoms with Crippen LogP contribution in [0, 0.1) is 11.8 Å². The molecule has 2 unspecified atom stereocenters. The Hall–Kier alpha value is -1.84. The monoisotopic (exact) mass is 257 g/mol. The van der Waals surface area contributed by atoms with Gasteiger partial charge in [-0.1, -0.05) is 12.2 Å². The van der Waals surface area contributed by atoms with E-state index in [1.807, 2.05) is 12.1 Å². The average molecular weight is 257 g/mol. The van der Waals surface area contributed by atoms with E-state index in [2.05, 4.69) is 27.4 Å². The van der Waals surface area contributed by atoms with Crippen LogP contribution in [0.3, 0.4) is 0 Å². The highest BCUT2D eigenvalue weighted by Crippen LogP contribution is 2.35. The van der Waals surface area contributed by atoms with E-state index in [4.69, 9.17) is 0 Å². The summed E-state index contributed by atoms with van der Waals surface area (Å²) in [5.74, 6) is 2.20. The molecular formula is C15H19N3O. The van der Waals surface area contributed by atoms with Crippen LogP contribution in [0.4, 0.5) is 5.82 Å². The zero-order valence-electron chi connectivity index (χ0n) is 11.2. The fraction of sp³-hybridized carbons (Fsp3) is 0.467. The minimum absolute atomic E-state index is 0.0592. The predicted octanol–water partition coefficient (Wildman–Crippen LogP) is 1.84. The lowest BCUT2D eigenvalue weighted by atomic mass is 9.86. The van der Waals surface area contributed by atoms with Crippen molar-refractivity contribution < 1.29 is 4.79 Å². The van der Waals surface area contributed by atoms with Crippen LogP contribution in [0.2, 0.25) is 0 Å². The fourth-order valence-electron chi connectivity index (χ4n) is 3.15. The Balaban J connectivity index is 1.86.